The second-order valence-electron chi connectivity index (χ2n) is 6.98. The van der Waals surface area contributed by atoms with E-state index in [1.807, 2.05) is 11.6 Å². The number of carbonyl (C=O) groups excluding carboxylic acids is 1. The number of aromatic nitrogens is 4. The van der Waals surface area contributed by atoms with Gasteiger partial charge in [-0.15, -0.1) is 0 Å². The molecule has 134 valence electrons. The Balaban J connectivity index is 1.74. The van der Waals surface area contributed by atoms with Crippen LogP contribution in [0.2, 0.25) is 0 Å². The highest BCUT2D eigenvalue weighted by atomic mass is 16.2. The standard InChI is InChI=1S/C19H21N5O2/c1-11-10-20-24(12(2)13-8-9-13)17(11)21-18(25)16-14-6-4-5-7-15(14)19(26)23(3)22-16/h4-7,10,12-13H,8-9H2,1-3H3,(H,21,25). The van der Waals surface area contributed by atoms with Crippen LogP contribution in [0.1, 0.15) is 41.9 Å². The van der Waals surface area contributed by atoms with Crippen molar-refractivity contribution < 1.29 is 4.79 Å². The van der Waals surface area contributed by atoms with Gasteiger partial charge in [-0.2, -0.15) is 10.2 Å². The summed E-state index contributed by atoms with van der Waals surface area (Å²) in [6.45, 7) is 4.05. The number of carbonyl (C=O) groups is 1. The highest BCUT2D eigenvalue weighted by Crippen LogP contribution is 2.40. The fourth-order valence-electron chi connectivity index (χ4n) is 3.33. The summed E-state index contributed by atoms with van der Waals surface area (Å²) < 4.78 is 3.09. The van der Waals surface area contributed by atoms with Gasteiger partial charge in [0.1, 0.15) is 5.82 Å². The molecular weight excluding hydrogens is 330 g/mol. The van der Waals surface area contributed by atoms with Gasteiger partial charge in [0.15, 0.2) is 5.69 Å². The highest BCUT2D eigenvalue weighted by molar-refractivity contribution is 6.11. The van der Waals surface area contributed by atoms with E-state index in [0.29, 0.717) is 22.5 Å². The van der Waals surface area contributed by atoms with Crippen LogP contribution in [0, 0.1) is 12.8 Å². The maximum absolute atomic E-state index is 13.0. The van der Waals surface area contributed by atoms with E-state index in [0.717, 1.165) is 5.56 Å². The van der Waals surface area contributed by atoms with Gasteiger partial charge in [0, 0.05) is 18.0 Å². The van der Waals surface area contributed by atoms with Gasteiger partial charge in [-0.3, -0.25) is 9.59 Å². The Morgan fingerprint density at radius 1 is 1.27 bits per heavy atom. The molecule has 1 fully saturated rings. The van der Waals surface area contributed by atoms with Crippen molar-refractivity contribution in [2.75, 3.05) is 5.32 Å². The van der Waals surface area contributed by atoms with E-state index >= 15 is 0 Å². The third-order valence-corrected chi connectivity index (χ3v) is 5.07. The first-order valence-corrected chi connectivity index (χ1v) is 8.79. The molecule has 0 radical (unpaired) electrons. The third-order valence-electron chi connectivity index (χ3n) is 5.07. The molecule has 4 rings (SSSR count). The Bertz CT molecular complexity index is 1060. The number of nitrogens with zero attached hydrogens (tertiary/aromatic N) is 4. The molecule has 2 aromatic heterocycles. The third kappa shape index (κ3) is 2.69. The molecule has 26 heavy (non-hydrogen) atoms. The molecule has 1 N–H and O–H groups in total. The lowest BCUT2D eigenvalue weighted by atomic mass is 10.1. The van der Waals surface area contributed by atoms with Crippen molar-refractivity contribution in [3.05, 3.63) is 52.1 Å². The average Bonchev–Trinajstić information content (AvgIpc) is 3.43. The minimum atomic E-state index is -0.343. The second kappa shape index (κ2) is 6.09. The topological polar surface area (TPSA) is 81.8 Å². The Morgan fingerprint density at radius 3 is 2.65 bits per heavy atom. The largest absolute Gasteiger partial charge is 0.305 e. The predicted octanol–water partition coefficient (Wildman–Crippen LogP) is 2.66. The molecule has 0 bridgehead atoms. The average molecular weight is 351 g/mol. The number of anilines is 1. The summed E-state index contributed by atoms with van der Waals surface area (Å²) in [5.41, 5.74) is 0.912. The molecule has 1 unspecified atom stereocenters. The van der Waals surface area contributed by atoms with Crippen LogP contribution in [0.5, 0.6) is 0 Å². The minimum Gasteiger partial charge on any atom is -0.305 e. The van der Waals surface area contributed by atoms with Gasteiger partial charge < -0.3 is 5.32 Å². The zero-order valence-corrected chi connectivity index (χ0v) is 15.1. The molecular formula is C19H21N5O2. The van der Waals surface area contributed by atoms with E-state index in [-0.39, 0.29) is 23.2 Å². The zero-order valence-electron chi connectivity index (χ0n) is 15.1. The second-order valence-corrected chi connectivity index (χ2v) is 6.98. The molecule has 1 aliphatic rings. The van der Waals surface area contributed by atoms with E-state index in [1.165, 1.54) is 17.5 Å². The monoisotopic (exact) mass is 351 g/mol. The summed E-state index contributed by atoms with van der Waals surface area (Å²) in [5, 5.41) is 12.6. The number of hydrogen-bond donors (Lipinski definition) is 1. The number of nitrogens with one attached hydrogen (secondary N) is 1. The van der Waals surface area contributed by atoms with Crippen molar-refractivity contribution in [2.45, 2.75) is 32.7 Å². The molecule has 2 heterocycles. The van der Waals surface area contributed by atoms with Crippen LogP contribution in [0.25, 0.3) is 10.8 Å². The molecule has 0 aliphatic heterocycles. The number of aryl methyl sites for hydroxylation is 2. The number of hydrogen-bond acceptors (Lipinski definition) is 4. The maximum atomic E-state index is 13.0. The molecule has 3 aromatic rings. The molecule has 1 aromatic carbocycles. The Labute approximate surface area is 150 Å². The predicted molar refractivity (Wildman–Crippen MR) is 99.3 cm³/mol. The lowest BCUT2D eigenvalue weighted by Gasteiger charge is -2.16. The van der Waals surface area contributed by atoms with Gasteiger partial charge in [-0.1, -0.05) is 18.2 Å². The van der Waals surface area contributed by atoms with E-state index in [4.69, 9.17) is 0 Å². The quantitative estimate of drug-likeness (QED) is 0.783. The molecule has 0 spiro atoms. The molecule has 1 aliphatic carbocycles. The SMILES string of the molecule is Cc1cnn(C(C)C2CC2)c1NC(=O)c1nn(C)c(=O)c2ccccc12. The van der Waals surface area contributed by atoms with Crippen molar-refractivity contribution in [1.29, 1.82) is 0 Å². The fraction of sp³-hybridized carbons (Fsp3) is 0.368. The van der Waals surface area contributed by atoms with Gasteiger partial charge in [0.05, 0.1) is 17.6 Å². The van der Waals surface area contributed by atoms with Gasteiger partial charge in [0.2, 0.25) is 0 Å². The summed E-state index contributed by atoms with van der Waals surface area (Å²) in [5.74, 6) is 0.959. The first-order valence-electron chi connectivity index (χ1n) is 8.79. The van der Waals surface area contributed by atoms with Crippen molar-refractivity contribution in [1.82, 2.24) is 19.6 Å². The lowest BCUT2D eigenvalue weighted by molar-refractivity contribution is 0.102. The van der Waals surface area contributed by atoms with Crippen molar-refractivity contribution >= 4 is 22.5 Å². The van der Waals surface area contributed by atoms with Gasteiger partial charge >= 0.3 is 0 Å². The summed E-state index contributed by atoms with van der Waals surface area (Å²) in [7, 11) is 1.55. The van der Waals surface area contributed by atoms with Crippen molar-refractivity contribution in [3.63, 3.8) is 0 Å². The Morgan fingerprint density at radius 2 is 1.96 bits per heavy atom. The lowest BCUT2D eigenvalue weighted by Crippen LogP contribution is -2.26. The van der Waals surface area contributed by atoms with Crippen molar-refractivity contribution in [3.8, 4) is 0 Å². The first-order chi connectivity index (χ1) is 12.5. The number of fused-ring (bicyclic) bond motifs is 1. The van der Waals surface area contributed by atoms with Crippen LogP contribution in [0.3, 0.4) is 0 Å². The molecule has 1 atom stereocenters. The van der Waals surface area contributed by atoms with E-state index in [1.54, 1.807) is 37.5 Å². The van der Waals surface area contributed by atoms with Gasteiger partial charge in [-0.05, 0) is 38.7 Å². The smallest absolute Gasteiger partial charge is 0.277 e. The van der Waals surface area contributed by atoms with Crippen LogP contribution >= 0.6 is 0 Å². The summed E-state index contributed by atoms with van der Waals surface area (Å²) in [6, 6.07) is 7.27. The maximum Gasteiger partial charge on any atom is 0.277 e. The first kappa shape index (κ1) is 16.5. The molecule has 0 saturated heterocycles. The normalized spacial score (nSPS) is 15.2. The van der Waals surface area contributed by atoms with Crippen LogP contribution in [0.4, 0.5) is 5.82 Å². The summed E-state index contributed by atoms with van der Waals surface area (Å²) in [6.07, 6.45) is 4.15. The van der Waals surface area contributed by atoms with Gasteiger partial charge in [-0.25, -0.2) is 9.36 Å². The molecule has 7 nitrogen and oxygen atoms in total. The zero-order chi connectivity index (χ0) is 18.4. The fourth-order valence-corrected chi connectivity index (χ4v) is 3.33. The van der Waals surface area contributed by atoms with Crippen LogP contribution in [0.15, 0.2) is 35.3 Å². The molecule has 1 saturated carbocycles. The van der Waals surface area contributed by atoms with Crippen LogP contribution < -0.4 is 10.9 Å². The Hall–Kier alpha value is -2.96. The van der Waals surface area contributed by atoms with Gasteiger partial charge in [0.25, 0.3) is 11.5 Å². The van der Waals surface area contributed by atoms with E-state index < -0.39 is 0 Å². The molecule has 1 amide bonds. The number of amides is 1. The van der Waals surface area contributed by atoms with E-state index in [2.05, 4.69) is 22.4 Å². The Kier molecular flexibility index (Phi) is 3.86. The number of benzene rings is 1. The minimum absolute atomic E-state index is 0.222. The highest BCUT2D eigenvalue weighted by Gasteiger charge is 2.31. The summed E-state index contributed by atoms with van der Waals surface area (Å²) in [4.78, 5) is 25.2. The number of rotatable bonds is 4. The van der Waals surface area contributed by atoms with Crippen LogP contribution in [-0.2, 0) is 7.05 Å². The van der Waals surface area contributed by atoms with Crippen LogP contribution in [-0.4, -0.2) is 25.5 Å². The van der Waals surface area contributed by atoms with Crippen molar-refractivity contribution in [2.24, 2.45) is 13.0 Å². The van der Waals surface area contributed by atoms with E-state index in [9.17, 15) is 9.59 Å². The summed E-state index contributed by atoms with van der Waals surface area (Å²) >= 11 is 0. The molecule has 7 heteroatoms.